The van der Waals surface area contributed by atoms with Crippen LogP contribution in [-0.4, -0.2) is 48.8 Å². The third kappa shape index (κ3) is 3.62. The predicted octanol–water partition coefficient (Wildman–Crippen LogP) is 4.18. The van der Waals surface area contributed by atoms with Crippen molar-refractivity contribution in [3.63, 3.8) is 0 Å². The van der Waals surface area contributed by atoms with Crippen molar-refractivity contribution in [2.75, 3.05) is 31.9 Å². The molecule has 144 valence electrons. The lowest BCUT2D eigenvalue weighted by molar-refractivity contribution is 0.267. The van der Waals surface area contributed by atoms with E-state index < -0.39 is 0 Å². The van der Waals surface area contributed by atoms with Crippen LogP contribution in [0.1, 0.15) is 23.6 Å². The number of ether oxygens (including phenoxy) is 1. The van der Waals surface area contributed by atoms with Crippen molar-refractivity contribution < 1.29 is 9.53 Å². The second-order valence-corrected chi connectivity index (χ2v) is 7.84. The number of amides is 1. The van der Waals surface area contributed by atoms with Crippen molar-refractivity contribution in [3.05, 3.63) is 59.7 Å². The van der Waals surface area contributed by atoms with E-state index in [1.807, 2.05) is 43.4 Å². The molecule has 1 unspecified atom stereocenters. The smallest absolute Gasteiger partial charge is 0.307 e. The van der Waals surface area contributed by atoms with Crippen LogP contribution in [0, 0.1) is 0 Å². The maximum absolute atomic E-state index is 11.7. The second-order valence-electron chi connectivity index (χ2n) is 6.91. The SMILES string of the molecule is COc1cccc(C2=NN(C3=NC(=O)SC3)C(c3ccc(N(C)C)cc3)C2)c1. The van der Waals surface area contributed by atoms with E-state index in [9.17, 15) is 4.79 Å². The number of carbonyl (C=O) groups is 1. The van der Waals surface area contributed by atoms with E-state index in [0.717, 1.165) is 40.5 Å². The van der Waals surface area contributed by atoms with Gasteiger partial charge in [-0.1, -0.05) is 36.0 Å². The fraction of sp³-hybridized carbons (Fsp3) is 0.286. The average Bonchev–Trinajstić information content (AvgIpc) is 3.34. The largest absolute Gasteiger partial charge is 0.497 e. The molecule has 0 saturated carbocycles. The van der Waals surface area contributed by atoms with Gasteiger partial charge in [-0.25, -0.2) is 5.01 Å². The maximum Gasteiger partial charge on any atom is 0.307 e. The normalized spacial score (nSPS) is 18.9. The molecule has 0 radical (unpaired) electrons. The Morgan fingerprint density at radius 2 is 1.96 bits per heavy atom. The van der Waals surface area contributed by atoms with Crippen LogP contribution in [0.2, 0.25) is 0 Å². The zero-order chi connectivity index (χ0) is 19.7. The Balaban J connectivity index is 1.69. The molecule has 4 rings (SSSR count). The minimum Gasteiger partial charge on any atom is -0.497 e. The lowest BCUT2D eigenvalue weighted by Gasteiger charge is -2.23. The fourth-order valence-electron chi connectivity index (χ4n) is 3.39. The molecule has 0 spiro atoms. The van der Waals surface area contributed by atoms with E-state index in [0.29, 0.717) is 5.75 Å². The molecular formula is C21H22N4O2S. The first kappa shape index (κ1) is 18.6. The van der Waals surface area contributed by atoms with E-state index in [1.165, 1.54) is 11.8 Å². The molecule has 6 nitrogen and oxygen atoms in total. The molecule has 2 aliphatic rings. The molecule has 7 heteroatoms. The van der Waals surface area contributed by atoms with Crippen LogP contribution >= 0.6 is 11.8 Å². The number of nitrogens with zero attached hydrogens (tertiary/aromatic N) is 4. The highest BCUT2D eigenvalue weighted by Gasteiger charge is 2.34. The van der Waals surface area contributed by atoms with E-state index in [1.54, 1.807) is 7.11 Å². The second kappa shape index (κ2) is 7.67. The summed E-state index contributed by atoms with van der Waals surface area (Å²) in [6.07, 6.45) is 0.742. The van der Waals surface area contributed by atoms with Crippen LogP contribution in [0.25, 0.3) is 0 Å². The van der Waals surface area contributed by atoms with Crippen molar-refractivity contribution in [2.45, 2.75) is 12.5 Å². The Kier molecular flexibility index (Phi) is 5.09. The molecule has 0 N–H and O–H groups in total. The summed E-state index contributed by atoms with van der Waals surface area (Å²) in [6, 6.07) is 16.4. The number of methoxy groups -OCH3 is 1. The van der Waals surface area contributed by atoms with Gasteiger partial charge in [0.05, 0.1) is 24.6 Å². The van der Waals surface area contributed by atoms with E-state index in [2.05, 4.69) is 34.2 Å². The summed E-state index contributed by atoms with van der Waals surface area (Å²) in [5.41, 5.74) is 4.28. The number of hydrazone groups is 1. The van der Waals surface area contributed by atoms with E-state index in [4.69, 9.17) is 9.84 Å². The average molecular weight is 395 g/mol. The minimum atomic E-state index is -0.151. The molecular weight excluding hydrogens is 372 g/mol. The van der Waals surface area contributed by atoms with Gasteiger partial charge in [0, 0.05) is 31.8 Å². The van der Waals surface area contributed by atoms with Gasteiger partial charge in [-0.3, -0.25) is 4.79 Å². The summed E-state index contributed by atoms with van der Waals surface area (Å²) in [5.74, 6) is 2.07. The van der Waals surface area contributed by atoms with Crippen molar-refractivity contribution in [1.29, 1.82) is 0 Å². The molecule has 2 aliphatic heterocycles. The van der Waals surface area contributed by atoms with Gasteiger partial charge in [0.25, 0.3) is 0 Å². The minimum absolute atomic E-state index is 0.0164. The number of benzene rings is 2. The first-order valence-corrected chi connectivity index (χ1v) is 10.1. The highest BCUT2D eigenvalue weighted by atomic mass is 32.2. The van der Waals surface area contributed by atoms with Crippen LogP contribution in [-0.2, 0) is 0 Å². The number of thioether (sulfide) groups is 1. The highest BCUT2D eigenvalue weighted by molar-refractivity contribution is 8.14. The standard InChI is InChI=1S/C21H22N4O2S/c1-24(2)16-9-7-14(8-10-16)19-12-18(15-5-4-6-17(11-15)27-3)23-25(19)20-13-28-21(26)22-20/h4-11,19H,12-13H2,1-3H3. The zero-order valence-corrected chi connectivity index (χ0v) is 16.9. The molecule has 28 heavy (non-hydrogen) atoms. The van der Waals surface area contributed by atoms with Crippen LogP contribution in [0.3, 0.4) is 0 Å². The van der Waals surface area contributed by atoms with Crippen molar-refractivity contribution in [1.82, 2.24) is 5.01 Å². The Bertz CT molecular complexity index is 953. The Labute approximate surface area is 168 Å². The molecule has 1 atom stereocenters. The lowest BCUT2D eigenvalue weighted by Crippen LogP contribution is -2.27. The quantitative estimate of drug-likeness (QED) is 0.779. The Morgan fingerprint density at radius 1 is 1.18 bits per heavy atom. The third-order valence-corrected chi connectivity index (χ3v) is 5.66. The van der Waals surface area contributed by atoms with Crippen molar-refractivity contribution >= 4 is 34.2 Å². The van der Waals surface area contributed by atoms with Crippen LogP contribution in [0.5, 0.6) is 5.75 Å². The van der Waals surface area contributed by atoms with Gasteiger partial charge >= 0.3 is 5.24 Å². The summed E-state index contributed by atoms with van der Waals surface area (Å²) in [6.45, 7) is 0. The molecule has 0 aromatic heterocycles. The monoisotopic (exact) mass is 394 g/mol. The maximum atomic E-state index is 11.7. The van der Waals surface area contributed by atoms with E-state index >= 15 is 0 Å². The Morgan fingerprint density at radius 3 is 2.61 bits per heavy atom. The molecule has 0 saturated heterocycles. The number of carbonyl (C=O) groups excluding carboxylic acids is 1. The number of amidine groups is 1. The van der Waals surface area contributed by atoms with Gasteiger partial charge in [0.15, 0.2) is 0 Å². The van der Waals surface area contributed by atoms with Crippen LogP contribution < -0.4 is 9.64 Å². The third-order valence-electron chi connectivity index (χ3n) is 4.92. The van der Waals surface area contributed by atoms with Gasteiger partial charge in [0.2, 0.25) is 0 Å². The van der Waals surface area contributed by atoms with Gasteiger partial charge in [0.1, 0.15) is 11.6 Å². The summed E-state index contributed by atoms with van der Waals surface area (Å²) in [4.78, 5) is 17.9. The highest BCUT2D eigenvalue weighted by Crippen LogP contribution is 2.36. The molecule has 2 heterocycles. The molecule has 2 aromatic carbocycles. The van der Waals surface area contributed by atoms with Crippen molar-refractivity contribution in [3.8, 4) is 5.75 Å². The molecule has 2 aromatic rings. The summed E-state index contributed by atoms with van der Waals surface area (Å²) >= 11 is 1.22. The summed E-state index contributed by atoms with van der Waals surface area (Å²) < 4.78 is 5.36. The molecule has 0 fully saturated rings. The number of hydrogen-bond acceptors (Lipinski definition) is 6. The number of anilines is 1. The number of aliphatic imine (C=N–C) groups is 1. The van der Waals surface area contributed by atoms with Gasteiger partial charge in [-0.2, -0.15) is 10.1 Å². The predicted molar refractivity (Wildman–Crippen MR) is 115 cm³/mol. The van der Waals surface area contributed by atoms with Crippen LogP contribution in [0.4, 0.5) is 10.5 Å². The summed E-state index contributed by atoms with van der Waals surface area (Å²) in [5, 5.41) is 6.62. The van der Waals surface area contributed by atoms with E-state index in [-0.39, 0.29) is 11.3 Å². The lowest BCUT2D eigenvalue weighted by atomic mass is 9.98. The van der Waals surface area contributed by atoms with Gasteiger partial charge < -0.3 is 9.64 Å². The first-order valence-electron chi connectivity index (χ1n) is 9.08. The molecule has 0 aliphatic carbocycles. The Hall–Kier alpha value is -2.80. The first-order chi connectivity index (χ1) is 13.5. The topological polar surface area (TPSA) is 57.5 Å². The van der Waals surface area contributed by atoms with Gasteiger partial charge in [-0.15, -0.1) is 0 Å². The van der Waals surface area contributed by atoms with Crippen molar-refractivity contribution in [2.24, 2.45) is 10.1 Å². The molecule has 0 bridgehead atoms. The van der Waals surface area contributed by atoms with Crippen LogP contribution in [0.15, 0.2) is 58.6 Å². The fourth-order valence-corrected chi connectivity index (χ4v) is 4.01. The zero-order valence-electron chi connectivity index (χ0n) is 16.1. The summed E-state index contributed by atoms with van der Waals surface area (Å²) in [7, 11) is 5.71. The number of hydrogen-bond donors (Lipinski definition) is 0. The number of rotatable bonds is 4. The van der Waals surface area contributed by atoms with Gasteiger partial charge in [-0.05, 0) is 29.8 Å². The molecule has 1 amide bonds.